The van der Waals surface area contributed by atoms with Crippen LogP contribution < -0.4 is 10.1 Å². The Bertz CT molecular complexity index is 1160. The minimum Gasteiger partial charge on any atom is -0.471 e. The monoisotopic (exact) mass is 402 g/mol. The van der Waals surface area contributed by atoms with Crippen molar-refractivity contribution in [2.45, 2.75) is 27.1 Å². The molecule has 0 aliphatic heterocycles. The van der Waals surface area contributed by atoms with Crippen molar-refractivity contribution in [3.05, 3.63) is 89.5 Å². The molecule has 1 N–H and O–H groups in total. The van der Waals surface area contributed by atoms with Crippen molar-refractivity contribution in [2.24, 2.45) is 0 Å². The van der Waals surface area contributed by atoms with Crippen LogP contribution in [0.3, 0.4) is 0 Å². The van der Waals surface area contributed by atoms with Gasteiger partial charge in [-0.15, -0.1) is 5.10 Å². The third-order valence-electron chi connectivity index (χ3n) is 4.67. The summed E-state index contributed by atoms with van der Waals surface area (Å²) in [6.45, 7) is 4.82. The molecule has 2 aromatic carbocycles. The molecule has 0 radical (unpaired) electrons. The summed E-state index contributed by atoms with van der Waals surface area (Å²) >= 11 is 0. The van der Waals surface area contributed by atoms with E-state index in [1.807, 2.05) is 62.4 Å². The van der Waals surface area contributed by atoms with E-state index in [0.29, 0.717) is 6.54 Å². The molecule has 0 unspecified atom stereocenters. The van der Waals surface area contributed by atoms with Crippen LogP contribution in [0.2, 0.25) is 0 Å². The number of ether oxygens (including phenoxy) is 1. The highest BCUT2D eigenvalue weighted by Gasteiger charge is 2.13. The molecule has 0 aliphatic carbocycles. The molecule has 0 saturated carbocycles. The molecule has 1 amide bonds. The molecular formula is C22H22N6O2. The van der Waals surface area contributed by atoms with Crippen LogP contribution in [-0.4, -0.2) is 30.5 Å². The average molecular weight is 402 g/mol. The van der Waals surface area contributed by atoms with E-state index in [1.54, 1.807) is 28.0 Å². The van der Waals surface area contributed by atoms with Crippen molar-refractivity contribution < 1.29 is 9.53 Å². The Morgan fingerprint density at radius 1 is 0.967 bits per heavy atom. The molecular weight excluding hydrogens is 380 g/mol. The molecule has 8 nitrogen and oxygen atoms in total. The van der Waals surface area contributed by atoms with E-state index in [-0.39, 0.29) is 24.3 Å². The van der Waals surface area contributed by atoms with Crippen LogP contribution in [0.15, 0.2) is 67.1 Å². The molecule has 2 aromatic heterocycles. The Kier molecular flexibility index (Phi) is 5.56. The third-order valence-corrected chi connectivity index (χ3v) is 4.67. The summed E-state index contributed by atoms with van der Waals surface area (Å²) in [5, 5.41) is 11.3. The standard InChI is InChI=1S/C22H22N6O2/c1-16-7-3-5-9-18(16)13-28-14-23-22(26-28)24-21(29)19-11-12-27(25-19)15-30-20-10-6-4-8-17(20)2/h3-12,14H,13,15H2,1-2H3,(H,24,26,29). The van der Waals surface area contributed by atoms with Crippen LogP contribution in [0, 0.1) is 13.8 Å². The molecule has 152 valence electrons. The summed E-state index contributed by atoms with van der Waals surface area (Å²) in [7, 11) is 0. The Morgan fingerprint density at radius 3 is 2.53 bits per heavy atom. The number of hydrogen-bond donors (Lipinski definition) is 1. The average Bonchev–Trinajstić information content (AvgIpc) is 3.39. The van der Waals surface area contributed by atoms with Gasteiger partial charge in [-0.05, 0) is 42.7 Å². The molecule has 4 aromatic rings. The van der Waals surface area contributed by atoms with Crippen LogP contribution >= 0.6 is 0 Å². The van der Waals surface area contributed by atoms with Gasteiger partial charge in [0.05, 0.1) is 6.54 Å². The Morgan fingerprint density at radius 2 is 1.73 bits per heavy atom. The van der Waals surface area contributed by atoms with Crippen LogP contribution in [-0.2, 0) is 13.3 Å². The van der Waals surface area contributed by atoms with E-state index in [9.17, 15) is 4.79 Å². The molecule has 0 saturated heterocycles. The second-order valence-electron chi connectivity index (χ2n) is 6.93. The van der Waals surface area contributed by atoms with Crippen molar-refractivity contribution in [1.82, 2.24) is 24.5 Å². The summed E-state index contributed by atoms with van der Waals surface area (Å²) in [5.41, 5.74) is 3.62. The molecule has 0 spiro atoms. The van der Waals surface area contributed by atoms with Gasteiger partial charge in [0.1, 0.15) is 12.1 Å². The fourth-order valence-electron chi connectivity index (χ4n) is 2.96. The van der Waals surface area contributed by atoms with E-state index < -0.39 is 0 Å². The lowest BCUT2D eigenvalue weighted by molar-refractivity contribution is 0.101. The zero-order valence-electron chi connectivity index (χ0n) is 16.8. The van der Waals surface area contributed by atoms with Crippen LogP contribution in [0.4, 0.5) is 5.95 Å². The highest BCUT2D eigenvalue weighted by Crippen LogP contribution is 2.16. The maximum Gasteiger partial charge on any atom is 0.278 e. The van der Waals surface area contributed by atoms with Crippen molar-refractivity contribution in [3.8, 4) is 5.75 Å². The molecule has 30 heavy (non-hydrogen) atoms. The lowest BCUT2D eigenvalue weighted by Crippen LogP contribution is -2.15. The smallest absolute Gasteiger partial charge is 0.278 e. The van der Waals surface area contributed by atoms with Crippen molar-refractivity contribution in [1.29, 1.82) is 0 Å². The van der Waals surface area contributed by atoms with Gasteiger partial charge >= 0.3 is 0 Å². The number of anilines is 1. The van der Waals surface area contributed by atoms with Gasteiger partial charge in [0.2, 0.25) is 5.95 Å². The molecule has 8 heteroatoms. The van der Waals surface area contributed by atoms with E-state index in [4.69, 9.17) is 4.74 Å². The normalized spacial score (nSPS) is 10.7. The highest BCUT2D eigenvalue weighted by molar-refractivity contribution is 6.01. The van der Waals surface area contributed by atoms with Gasteiger partial charge in [0.25, 0.3) is 5.91 Å². The predicted octanol–water partition coefficient (Wildman–Crippen LogP) is 3.43. The fourth-order valence-corrected chi connectivity index (χ4v) is 2.96. The minimum atomic E-state index is -0.377. The summed E-state index contributed by atoms with van der Waals surface area (Å²) in [5.74, 6) is 0.639. The number of nitrogens with one attached hydrogen (secondary N) is 1. The van der Waals surface area contributed by atoms with Gasteiger partial charge in [-0.25, -0.2) is 14.3 Å². The lowest BCUT2D eigenvalue weighted by atomic mass is 10.1. The maximum atomic E-state index is 12.5. The summed E-state index contributed by atoms with van der Waals surface area (Å²) < 4.78 is 8.99. The lowest BCUT2D eigenvalue weighted by Gasteiger charge is -2.08. The summed E-state index contributed by atoms with van der Waals surface area (Å²) in [6.07, 6.45) is 3.29. The Hall–Kier alpha value is -3.94. The minimum absolute atomic E-state index is 0.210. The summed E-state index contributed by atoms with van der Waals surface area (Å²) in [4.78, 5) is 16.6. The number of benzene rings is 2. The number of hydrogen-bond acceptors (Lipinski definition) is 5. The van der Waals surface area contributed by atoms with Crippen molar-refractivity contribution in [3.63, 3.8) is 0 Å². The van der Waals surface area contributed by atoms with Crippen LogP contribution in [0.5, 0.6) is 5.75 Å². The number of aryl methyl sites for hydroxylation is 2. The topological polar surface area (TPSA) is 86.9 Å². The second kappa shape index (κ2) is 8.60. The highest BCUT2D eigenvalue weighted by atomic mass is 16.5. The predicted molar refractivity (Wildman–Crippen MR) is 112 cm³/mol. The molecule has 0 atom stereocenters. The quantitative estimate of drug-likeness (QED) is 0.512. The fraction of sp³-hybridized carbons (Fsp3) is 0.182. The number of carbonyl (C=O) groups excluding carboxylic acids is 1. The van der Waals surface area contributed by atoms with Crippen molar-refractivity contribution in [2.75, 3.05) is 5.32 Å². The van der Waals surface area contributed by atoms with E-state index in [0.717, 1.165) is 16.9 Å². The van der Waals surface area contributed by atoms with E-state index in [1.165, 1.54) is 5.56 Å². The first kappa shape index (κ1) is 19.4. The van der Waals surface area contributed by atoms with Crippen molar-refractivity contribution >= 4 is 11.9 Å². The zero-order valence-corrected chi connectivity index (χ0v) is 16.8. The molecule has 0 fully saturated rings. The Balaban J connectivity index is 1.35. The number of aromatic nitrogens is 5. The van der Waals surface area contributed by atoms with Gasteiger partial charge in [0.15, 0.2) is 12.4 Å². The number of carbonyl (C=O) groups is 1. The van der Waals surface area contributed by atoms with Gasteiger partial charge < -0.3 is 4.74 Å². The van der Waals surface area contributed by atoms with Gasteiger partial charge in [-0.2, -0.15) is 5.10 Å². The van der Waals surface area contributed by atoms with Gasteiger partial charge in [-0.3, -0.25) is 10.1 Å². The molecule has 4 rings (SSSR count). The van der Waals surface area contributed by atoms with E-state index in [2.05, 4.69) is 20.5 Å². The zero-order chi connectivity index (χ0) is 20.9. The SMILES string of the molecule is Cc1ccccc1Cn1cnc(NC(=O)c2ccn(COc3ccccc3C)n2)n1. The largest absolute Gasteiger partial charge is 0.471 e. The van der Waals surface area contributed by atoms with Crippen LogP contribution in [0.25, 0.3) is 0 Å². The van der Waals surface area contributed by atoms with E-state index >= 15 is 0 Å². The Labute approximate surface area is 174 Å². The molecule has 0 aliphatic rings. The number of amides is 1. The first-order valence-electron chi connectivity index (χ1n) is 9.56. The summed E-state index contributed by atoms with van der Waals surface area (Å²) in [6, 6.07) is 17.4. The number of nitrogens with zero attached hydrogens (tertiary/aromatic N) is 5. The molecule has 0 bridgehead atoms. The number of para-hydroxylation sites is 1. The number of rotatable bonds is 7. The first-order chi connectivity index (χ1) is 14.6. The van der Waals surface area contributed by atoms with Gasteiger partial charge in [-0.1, -0.05) is 42.5 Å². The maximum absolute atomic E-state index is 12.5. The second-order valence-corrected chi connectivity index (χ2v) is 6.93. The third kappa shape index (κ3) is 4.54. The first-order valence-corrected chi connectivity index (χ1v) is 9.56. The van der Waals surface area contributed by atoms with Gasteiger partial charge in [0, 0.05) is 6.20 Å². The van der Waals surface area contributed by atoms with Crippen LogP contribution in [0.1, 0.15) is 27.2 Å². The molecule has 2 heterocycles.